The van der Waals surface area contributed by atoms with E-state index in [0.717, 1.165) is 11.1 Å². The Bertz CT molecular complexity index is 774. The second kappa shape index (κ2) is 7.97. The maximum atomic E-state index is 12.9. The van der Waals surface area contributed by atoms with Crippen LogP contribution in [0, 0.1) is 19.8 Å². The van der Waals surface area contributed by atoms with Gasteiger partial charge in [0.1, 0.15) is 0 Å². The molecule has 1 saturated heterocycles. The van der Waals surface area contributed by atoms with Gasteiger partial charge in [-0.05, 0) is 25.5 Å². The minimum atomic E-state index is -0.154. The number of carbonyl (C=O) groups is 1. The molecular formula is C19H25N3O4. The lowest BCUT2D eigenvalue weighted by Crippen LogP contribution is -2.29. The van der Waals surface area contributed by atoms with Crippen molar-refractivity contribution < 1.29 is 19.2 Å². The highest BCUT2D eigenvalue weighted by molar-refractivity contribution is 5.96. The molecule has 2 aromatic rings. The lowest BCUT2D eigenvalue weighted by molar-refractivity contribution is 0.0780. The standard InChI is InChI=1S/C19H25N3O4/c1-12-4-5-15(13(2)8-12)19(24)22-9-14(11-23)16(10-22)18-20-17(21-26-18)6-7-25-3/h4-5,8,14,16,23H,6-7,9-11H2,1-3H3/t14-,16+/m0/s1. The first-order valence-electron chi connectivity index (χ1n) is 8.82. The number of aromatic nitrogens is 2. The van der Waals surface area contributed by atoms with Gasteiger partial charge in [0.2, 0.25) is 5.89 Å². The van der Waals surface area contributed by atoms with Crippen LogP contribution in [0.5, 0.6) is 0 Å². The highest BCUT2D eigenvalue weighted by Gasteiger charge is 2.39. The molecule has 2 atom stereocenters. The van der Waals surface area contributed by atoms with Crippen molar-refractivity contribution in [2.45, 2.75) is 26.2 Å². The summed E-state index contributed by atoms with van der Waals surface area (Å²) in [6, 6.07) is 5.81. The molecule has 0 aliphatic carbocycles. The van der Waals surface area contributed by atoms with Gasteiger partial charge in [0.05, 0.1) is 12.5 Å². The van der Waals surface area contributed by atoms with E-state index in [0.29, 0.717) is 43.4 Å². The fourth-order valence-electron chi connectivity index (χ4n) is 3.44. The van der Waals surface area contributed by atoms with Crippen LogP contribution in [0.3, 0.4) is 0 Å². The largest absolute Gasteiger partial charge is 0.396 e. The van der Waals surface area contributed by atoms with Gasteiger partial charge in [0.15, 0.2) is 5.82 Å². The molecule has 3 rings (SSSR count). The second-order valence-electron chi connectivity index (χ2n) is 6.87. The Balaban J connectivity index is 1.76. The number of aliphatic hydroxyl groups is 1. The quantitative estimate of drug-likeness (QED) is 0.845. The number of likely N-dealkylation sites (tertiary alicyclic amines) is 1. The number of benzene rings is 1. The Kier molecular flexibility index (Phi) is 5.68. The zero-order valence-electron chi connectivity index (χ0n) is 15.4. The van der Waals surface area contributed by atoms with E-state index in [1.54, 1.807) is 12.0 Å². The fourth-order valence-corrected chi connectivity index (χ4v) is 3.44. The van der Waals surface area contributed by atoms with E-state index < -0.39 is 0 Å². The number of carbonyl (C=O) groups excluding carboxylic acids is 1. The number of aliphatic hydroxyl groups excluding tert-OH is 1. The number of methoxy groups -OCH3 is 1. The molecule has 1 N–H and O–H groups in total. The van der Waals surface area contributed by atoms with Crippen LogP contribution >= 0.6 is 0 Å². The molecule has 26 heavy (non-hydrogen) atoms. The molecule has 0 saturated carbocycles. The molecule has 2 heterocycles. The van der Waals surface area contributed by atoms with Crippen molar-refractivity contribution >= 4 is 5.91 Å². The van der Waals surface area contributed by atoms with Crippen LogP contribution in [-0.4, -0.2) is 59.5 Å². The minimum Gasteiger partial charge on any atom is -0.396 e. The molecule has 1 aliphatic heterocycles. The van der Waals surface area contributed by atoms with Gasteiger partial charge in [-0.25, -0.2) is 0 Å². The average Bonchev–Trinajstić information content (AvgIpc) is 3.26. The van der Waals surface area contributed by atoms with Gasteiger partial charge in [-0.15, -0.1) is 0 Å². The minimum absolute atomic E-state index is 0.0254. The molecule has 7 nitrogen and oxygen atoms in total. The van der Waals surface area contributed by atoms with Crippen molar-refractivity contribution in [3.05, 3.63) is 46.6 Å². The lowest BCUT2D eigenvalue weighted by Gasteiger charge is -2.17. The highest BCUT2D eigenvalue weighted by atomic mass is 16.5. The van der Waals surface area contributed by atoms with Crippen LogP contribution in [-0.2, 0) is 11.2 Å². The highest BCUT2D eigenvalue weighted by Crippen LogP contribution is 2.32. The maximum absolute atomic E-state index is 12.9. The Morgan fingerprint density at radius 1 is 1.38 bits per heavy atom. The zero-order valence-corrected chi connectivity index (χ0v) is 15.4. The maximum Gasteiger partial charge on any atom is 0.254 e. The van der Waals surface area contributed by atoms with E-state index in [1.807, 2.05) is 32.0 Å². The summed E-state index contributed by atoms with van der Waals surface area (Å²) >= 11 is 0. The number of rotatable bonds is 6. The summed E-state index contributed by atoms with van der Waals surface area (Å²) in [4.78, 5) is 19.1. The first kappa shape index (κ1) is 18.5. The third kappa shape index (κ3) is 3.78. The first-order chi connectivity index (χ1) is 12.5. The van der Waals surface area contributed by atoms with Gasteiger partial charge in [0.25, 0.3) is 5.91 Å². The van der Waals surface area contributed by atoms with E-state index in [1.165, 1.54) is 0 Å². The molecule has 1 aromatic carbocycles. The predicted molar refractivity (Wildman–Crippen MR) is 95.0 cm³/mol. The molecule has 0 spiro atoms. The van der Waals surface area contributed by atoms with Gasteiger partial charge in [0, 0.05) is 44.7 Å². The van der Waals surface area contributed by atoms with E-state index >= 15 is 0 Å². The molecule has 0 unspecified atom stereocenters. The summed E-state index contributed by atoms with van der Waals surface area (Å²) in [5.74, 6) is 0.769. The molecule has 0 radical (unpaired) electrons. The van der Waals surface area contributed by atoms with Gasteiger partial charge in [-0.3, -0.25) is 4.79 Å². The van der Waals surface area contributed by atoms with Crippen LogP contribution in [0.25, 0.3) is 0 Å². The SMILES string of the molecule is COCCc1noc([C@@H]2CN(C(=O)c3ccc(C)cc3C)C[C@H]2CO)n1. The molecule has 1 fully saturated rings. The Morgan fingerprint density at radius 3 is 2.88 bits per heavy atom. The number of aryl methyl sites for hydroxylation is 2. The van der Waals surface area contributed by atoms with Crippen LogP contribution in [0.4, 0.5) is 0 Å². The third-order valence-corrected chi connectivity index (χ3v) is 4.91. The summed E-state index contributed by atoms with van der Waals surface area (Å²) in [5, 5.41) is 13.7. The van der Waals surface area contributed by atoms with Crippen LogP contribution in [0.1, 0.15) is 39.1 Å². The topological polar surface area (TPSA) is 88.7 Å². The number of hydrogen-bond donors (Lipinski definition) is 1. The average molecular weight is 359 g/mol. The van der Waals surface area contributed by atoms with E-state index in [4.69, 9.17) is 9.26 Å². The zero-order chi connectivity index (χ0) is 18.7. The summed E-state index contributed by atoms with van der Waals surface area (Å²) in [7, 11) is 1.62. The number of hydrogen-bond acceptors (Lipinski definition) is 6. The van der Waals surface area contributed by atoms with Crippen molar-refractivity contribution in [1.82, 2.24) is 15.0 Å². The molecule has 1 aromatic heterocycles. The Hall–Kier alpha value is -2.25. The Morgan fingerprint density at radius 2 is 2.19 bits per heavy atom. The molecule has 1 amide bonds. The number of amides is 1. The van der Waals surface area contributed by atoms with Gasteiger partial charge >= 0.3 is 0 Å². The number of ether oxygens (including phenoxy) is 1. The van der Waals surface area contributed by atoms with Crippen molar-refractivity contribution in [2.24, 2.45) is 5.92 Å². The normalized spacial score (nSPS) is 19.9. The van der Waals surface area contributed by atoms with Gasteiger partial charge in [-0.1, -0.05) is 22.9 Å². The summed E-state index contributed by atoms with van der Waals surface area (Å²) in [6.07, 6.45) is 0.571. The molecule has 1 aliphatic rings. The van der Waals surface area contributed by atoms with E-state index in [-0.39, 0.29) is 24.3 Å². The third-order valence-electron chi connectivity index (χ3n) is 4.91. The monoisotopic (exact) mass is 359 g/mol. The van der Waals surface area contributed by atoms with Crippen molar-refractivity contribution in [3.8, 4) is 0 Å². The molecule has 140 valence electrons. The predicted octanol–water partition coefficient (Wildman–Crippen LogP) is 1.72. The molecule has 7 heteroatoms. The molecular weight excluding hydrogens is 334 g/mol. The number of nitrogens with zero attached hydrogens (tertiary/aromatic N) is 3. The Labute approximate surface area is 153 Å². The van der Waals surface area contributed by atoms with E-state index in [2.05, 4.69) is 10.1 Å². The van der Waals surface area contributed by atoms with Crippen molar-refractivity contribution in [2.75, 3.05) is 33.4 Å². The lowest BCUT2D eigenvalue weighted by atomic mass is 9.97. The van der Waals surface area contributed by atoms with Crippen LogP contribution < -0.4 is 0 Å². The van der Waals surface area contributed by atoms with Crippen molar-refractivity contribution in [1.29, 1.82) is 0 Å². The molecule has 0 bridgehead atoms. The van der Waals surface area contributed by atoms with E-state index in [9.17, 15) is 9.90 Å². The van der Waals surface area contributed by atoms with Crippen molar-refractivity contribution in [3.63, 3.8) is 0 Å². The summed E-state index contributed by atoms with van der Waals surface area (Å²) in [6.45, 7) is 5.37. The second-order valence-corrected chi connectivity index (χ2v) is 6.87. The van der Waals surface area contributed by atoms with Gasteiger partial charge in [-0.2, -0.15) is 4.98 Å². The first-order valence-corrected chi connectivity index (χ1v) is 8.82. The fraction of sp³-hybridized carbons (Fsp3) is 0.526. The summed E-state index contributed by atoms with van der Waals surface area (Å²) < 4.78 is 10.4. The van der Waals surface area contributed by atoms with Crippen LogP contribution in [0.2, 0.25) is 0 Å². The summed E-state index contributed by atoms with van der Waals surface area (Å²) in [5.41, 5.74) is 2.78. The van der Waals surface area contributed by atoms with Crippen LogP contribution in [0.15, 0.2) is 22.7 Å². The van der Waals surface area contributed by atoms with Gasteiger partial charge < -0.3 is 19.3 Å². The smallest absolute Gasteiger partial charge is 0.254 e.